The fourth-order valence-corrected chi connectivity index (χ4v) is 1.88. The molecule has 4 nitrogen and oxygen atoms in total. The molecule has 2 heterocycles. The van der Waals surface area contributed by atoms with Gasteiger partial charge in [0.25, 0.3) is 0 Å². The first-order chi connectivity index (χ1) is 6.89. The van der Waals surface area contributed by atoms with Gasteiger partial charge in [-0.1, -0.05) is 0 Å². The first-order valence-corrected chi connectivity index (χ1v) is 5.01. The summed E-state index contributed by atoms with van der Waals surface area (Å²) in [5.74, 6) is 0. The number of fused-ring (bicyclic) bond motifs is 1. The largest absolute Gasteiger partial charge is 0.253 e. The number of hydrogen-bond donors (Lipinski definition) is 1. The first-order valence-electron chi connectivity index (χ1n) is 5.01. The van der Waals surface area contributed by atoms with Crippen LogP contribution in [0.25, 0.3) is 0 Å². The van der Waals surface area contributed by atoms with Crippen LogP contribution in [0.1, 0.15) is 19.3 Å². The zero-order valence-corrected chi connectivity index (χ0v) is 7.93. The van der Waals surface area contributed by atoms with Gasteiger partial charge >= 0.3 is 0 Å². The van der Waals surface area contributed by atoms with Gasteiger partial charge in [0.2, 0.25) is 6.34 Å². The number of allylic oxidation sites excluding steroid dienone is 1. The van der Waals surface area contributed by atoms with Gasteiger partial charge in [-0.2, -0.15) is 0 Å². The number of quaternary nitrogens is 1. The molecule has 0 aromatic carbocycles. The molecule has 1 aliphatic carbocycles. The predicted octanol–water partition coefficient (Wildman–Crippen LogP) is 1.30. The van der Waals surface area contributed by atoms with E-state index in [-0.39, 0.29) is 0 Å². The molecule has 0 saturated heterocycles. The highest BCUT2D eigenvalue weighted by molar-refractivity contribution is 5.81. The van der Waals surface area contributed by atoms with Gasteiger partial charge in [-0.25, -0.2) is 4.99 Å². The third-order valence-electron chi connectivity index (χ3n) is 2.98. The van der Waals surface area contributed by atoms with Crippen LogP contribution in [0.3, 0.4) is 0 Å². The Labute approximate surface area is 82.9 Å². The minimum absolute atomic E-state index is 0.550. The maximum absolute atomic E-state index is 4.19. The van der Waals surface area contributed by atoms with Crippen molar-refractivity contribution in [2.24, 2.45) is 9.98 Å². The fourth-order valence-electron chi connectivity index (χ4n) is 1.88. The van der Waals surface area contributed by atoms with Gasteiger partial charge in [0.15, 0.2) is 5.70 Å². The second-order valence-corrected chi connectivity index (χ2v) is 3.93. The summed E-state index contributed by atoms with van der Waals surface area (Å²) in [6.45, 7) is 0. The summed E-state index contributed by atoms with van der Waals surface area (Å²) in [4.78, 5) is 8.30. The summed E-state index contributed by atoms with van der Waals surface area (Å²) >= 11 is 0. The molecule has 0 radical (unpaired) electrons. The SMILES string of the molecule is C1=C[N+]2(NC3CCC3)C=NC=C2C=N1. The van der Waals surface area contributed by atoms with Crippen LogP contribution in [0, 0.1) is 0 Å². The van der Waals surface area contributed by atoms with Gasteiger partial charge in [0.05, 0.1) is 24.7 Å². The average molecular weight is 189 g/mol. The van der Waals surface area contributed by atoms with E-state index in [1.165, 1.54) is 19.3 Å². The summed E-state index contributed by atoms with van der Waals surface area (Å²) in [6.07, 6.45) is 13.4. The highest BCUT2D eigenvalue weighted by atomic mass is 15.7. The van der Waals surface area contributed by atoms with Crippen molar-refractivity contribution in [3.05, 3.63) is 24.3 Å². The molecule has 1 atom stereocenters. The van der Waals surface area contributed by atoms with Crippen LogP contribution in [0.5, 0.6) is 0 Å². The fraction of sp³-hybridized carbons (Fsp3) is 0.400. The molecule has 14 heavy (non-hydrogen) atoms. The van der Waals surface area contributed by atoms with E-state index in [2.05, 4.69) is 15.4 Å². The molecule has 2 aliphatic heterocycles. The van der Waals surface area contributed by atoms with Crippen LogP contribution in [0.15, 0.2) is 34.3 Å². The third kappa shape index (κ3) is 1.08. The predicted molar refractivity (Wildman–Crippen MR) is 55.2 cm³/mol. The van der Waals surface area contributed by atoms with Crippen molar-refractivity contribution in [1.29, 1.82) is 0 Å². The van der Waals surface area contributed by atoms with Crippen molar-refractivity contribution >= 4 is 12.6 Å². The first kappa shape index (κ1) is 8.08. The Morgan fingerprint density at radius 1 is 1.36 bits per heavy atom. The molecule has 1 unspecified atom stereocenters. The molecule has 1 saturated carbocycles. The smallest absolute Gasteiger partial charge is 0.219 e. The van der Waals surface area contributed by atoms with E-state index in [4.69, 9.17) is 0 Å². The van der Waals surface area contributed by atoms with Crippen LogP contribution in [0.2, 0.25) is 0 Å². The van der Waals surface area contributed by atoms with Crippen molar-refractivity contribution in [3.8, 4) is 0 Å². The summed E-state index contributed by atoms with van der Waals surface area (Å²) in [7, 11) is 0. The molecule has 4 heteroatoms. The summed E-state index contributed by atoms with van der Waals surface area (Å²) < 4.78 is 0.550. The van der Waals surface area contributed by atoms with E-state index in [0.29, 0.717) is 10.6 Å². The lowest BCUT2D eigenvalue weighted by Crippen LogP contribution is -2.57. The molecule has 0 amide bonds. The van der Waals surface area contributed by atoms with Crippen LogP contribution >= 0.6 is 0 Å². The summed E-state index contributed by atoms with van der Waals surface area (Å²) in [5, 5.41) is 0. The Hall–Kier alpha value is -1.26. The lowest BCUT2D eigenvalue weighted by atomic mass is 9.94. The molecule has 0 bridgehead atoms. The second-order valence-electron chi connectivity index (χ2n) is 3.93. The quantitative estimate of drug-likeness (QED) is 0.653. The van der Waals surface area contributed by atoms with Crippen LogP contribution in [-0.2, 0) is 0 Å². The number of aliphatic imine (C=N–C) groups is 2. The summed E-state index contributed by atoms with van der Waals surface area (Å²) in [5.41, 5.74) is 4.67. The number of hydrogen-bond acceptors (Lipinski definition) is 3. The highest BCUT2D eigenvalue weighted by Crippen LogP contribution is 2.26. The van der Waals surface area contributed by atoms with E-state index < -0.39 is 0 Å². The van der Waals surface area contributed by atoms with E-state index in [1.54, 1.807) is 0 Å². The molecule has 72 valence electrons. The Bertz CT molecular complexity index is 362. The minimum atomic E-state index is 0.550. The molecule has 0 aromatic heterocycles. The molecular formula is C10H13N4+. The van der Waals surface area contributed by atoms with Crippen molar-refractivity contribution in [2.45, 2.75) is 25.3 Å². The number of nitrogens with zero attached hydrogens (tertiary/aromatic N) is 3. The van der Waals surface area contributed by atoms with E-state index in [1.807, 2.05) is 31.2 Å². The Balaban J connectivity index is 1.86. The van der Waals surface area contributed by atoms with Crippen LogP contribution in [-0.4, -0.2) is 23.2 Å². The van der Waals surface area contributed by atoms with Gasteiger partial charge in [-0.05, 0) is 19.3 Å². The van der Waals surface area contributed by atoms with Crippen LogP contribution < -0.4 is 5.43 Å². The third-order valence-corrected chi connectivity index (χ3v) is 2.98. The van der Waals surface area contributed by atoms with Gasteiger partial charge in [0.1, 0.15) is 6.20 Å². The lowest BCUT2D eigenvalue weighted by Gasteiger charge is -2.35. The highest BCUT2D eigenvalue weighted by Gasteiger charge is 2.37. The van der Waals surface area contributed by atoms with E-state index in [9.17, 15) is 0 Å². The molecule has 0 spiro atoms. The molecule has 1 fully saturated rings. The van der Waals surface area contributed by atoms with Gasteiger partial charge in [0, 0.05) is 0 Å². The number of rotatable bonds is 2. The minimum Gasteiger partial charge on any atom is -0.253 e. The van der Waals surface area contributed by atoms with Crippen molar-refractivity contribution in [3.63, 3.8) is 0 Å². The Morgan fingerprint density at radius 3 is 3.07 bits per heavy atom. The monoisotopic (exact) mass is 189 g/mol. The molecule has 3 aliphatic rings. The van der Waals surface area contributed by atoms with Gasteiger partial charge in [-0.15, -0.1) is 10.0 Å². The maximum Gasteiger partial charge on any atom is 0.219 e. The zero-order valence-electron chi connectivity index (χ0n) is 7.93. The molecule has 3 rings (SSSR count). The molecule has 1 N–H and O–H groups in total. The Morgan fingerprint density at radius 2 is 2.29 bits per heavy atom. The average Bonchev–Trinajstić information content (AvgIpc) is 2.55. The molecular weight excluding hydrogens is 176 g/mol. The second kappa shape index (κ2) is 2.87. The van der Waals surface area contributed by atoms with Gasteiger partial charge < -0.3 is 0 Å². The normalized spacial score (nSPS) is 34.1. The van der Waals surface area contributed by atoms with Gasteiger partial charge in [-0.3, -0.25) is 4.99 Å². The van der Waals surface area contributed by atoms with Crippen LogP contribution in [0.4, 0.5) is 0 Å². The maximum atomic E-state index is 4.19. The van der Waals surface area contributed by atoms with E-state index >= 15 is 0 Å². The topological polar surface area (TPSA) is 36.8 Å². The van der Waals surface area contributed by atoms with Crippen molar-refractivity contribution in [1.82, 2.24) is 5.43 Å². The van der Waals surface area contributed by atoms with Crippen molar-refractivity contribution < 1.29 is 4.59 Å². The summed E-state index contributed by atoms with van der Waals surface area (Å²) in [6, 6.07) is 0.624. The Kier molecular flexibility index (Phi) is 1.65. The standard InChI is InChI=1S/C10H13N4/c1-2-9(3-1)13-14-5-4-11-6-10(14)7-12-8-14/h4-9,13H,1-3H2/q+1. The van der Waals surface area contributed by atoms with Crippen molar-refractivity contribution in [2.75, 3.05) is 0 Å². The molecule has 0 aromatic rings. The van der Waals surface area contributed by atoms with E-state index in [0.717, 1.165) is 5.70 Å². The zero-order chi connectivity index (χ0) is 9.43. The lowest BCUT2D eigenvalue weighted by molar-refractivity contribution is -0.788. The number of nitrogens with one attached hydrogen (secondary N) is 1.